The molecule has 0 atom stereocenters. The van der Waals surface area contributed by atoms with Crippen molar-refractivity contribution in [1.82, 2.24) is 0 Å². The van der Waals surface area contributed by atoms with E-state index in [2.05, 4.69) is 11.2 Å². The molecule has 0 aromatic carbocycles. The van der Waals surface area contributed by atoms with Crippen molar-refractivity contribution in [2.45, 2.75) is 12.8 Å². The third-order valence-electron chi connectivity index (χ3n) is 0.886. The van der Waals surface area contributed by atoms with Crippen LogP contribution in [0.25, 0.3) is 0 Å². The standard InChI is InChI=1S/C7H8O4/c1-2-7(10)11-5-3-4-6(8)9/h1H,3-5H2,(H,8,9). The molecule has 0 saturated carbocycles. The Labute approximate surface area is 64.2 Å². The quantitative estimate of drug-likeness (QED) is 0.270. The highest BCUT2D eigenvalue weighted by molar-refractivity contribution is 5.87. The Bertz CT molecular complexity index is 189. The molecule has 0 heterocycles. The fourth-order valence-corrected chi connectivity index (χ4v) is 0.430. The number of aliphatic carboxylic acids is 1. The number of terminal acetylenes is 1. The minimum absolute atomic E-state index is 0.0160. The Balaban J connectivity index is 3.23. The van der Waals surface area contributed by atoms with E-state index in [4.69, 9.17) is 5.11 Å². The lowest BCUT2D eigenvalue weighted by Gasteiger charge is -1.96. The van der Waals surface area contributed by atoms with Crippen molar-refractivity contribution in [3.8, 4) is 12.3 Å². The van der Waals surface area contributed by atoms with Crippen LogP contribution in [0.3, 0.4) is 0 Å². The molecule has 0 fully saturated rings. The minimum Gasteiger partial charge on any atom is -0.481 e. The van der Waals surface area contributed by atoms with Gasteiger partial charge in [0.15, 0.2) is 0 Å². The zero-order valence-corrected chi connectivity index (χ0v) is 5.87. The van der Waals surface area contributed by atoms with E-state index in [0.29, 0.717) is 6.42 Å². The van der Waals surface area contributed by atoms with Crippen LogP contribution in [-0.2, 0) is 14.3 Å². The molecule has 0 radical (unpaired) electrons. The lowest BCUT2D eigenvalue weighted by molar-refractivity contribution is -0.140. The van der Waals surface area contributed by atoms with Crippen molar-refractivity contribution in [1.29, 1.82) is 0 Å². The Kier molecular flexibility index (Phi) is 4.58. The Morgan fingerprint density at radius 3 is 2.64 bits per heavy atom. The molecule has 1 N–H and O–H groups in total. The van der Waals surface area contributed by atoms with E-state index in [1.807, 2.05) is 0 Å². The molecule has 0 rings (SSSR count). The second-order valence-electron chi connectivity index (χ2n) is 1.78. The molecule has 4 nitrogen and oxygen atoms in total. The normalized spacial score (nSPS) is 8.27. The third kappa shape index (κ3) is 6.38. The summed E-state index contributed by atoms with van der Waals surface area (Å²) in [6.07, 6.45) is 4.95. The molecule has 0 aliphatic heterocycles. The molecule has 0 unspecified atom stereocenters. The van der Waals surface area contributed by atoms with Crippen LogP contribution >= 0.6 is 0 Å². The number of rotatable bonds is 4. The predicted octanol–water partition coefficient (Wildman–Crippen LogP) is 0.0276. The van der Waals surface area contributed by atoms with E-state index >= 15 is 0 Å². The van der Waals surface area contributed by atoms with E-state index in [1.54, 1.807) is 5.92 Å². The molecule has 0 aromatic rings. The van der Waals surface area contributed by atoms with Crippen LogP contribution in [-0.4, -0.2) is 23.7 Å². The lowest BCUT2D eigenvalue weighted by atomic mass is 10.3. The van der Waals surface area contributed by atoms with Gasteiger partial charge in [-0.25, -0.2) is 4.79 Å². The fraction of sp³-hybridized carbons (Fsp3) is 0.429. The molecular weight excluding hydrogens is 148 g/mol. The zero-order valence-electron chi connectivity index (χ0n) is 5.87. The van der Waals surface area contributed by atoms with Gasteiger partial charge >= 0.3 is 11.9 Å². The van der Waals surface area contributed by atoms with Gasteiger partial charge in [-0.1, -0.05) is 0 Å². The summed E-state index contributed by atoms with van der Waals surface area (Å²) in [5.74, 6) is 0.0752. The predicted molar refractivity (Wildman–Crippen MR) is 36.7 cm³/mol. The van der Waals surface area contributed by atoms with Gasteiger partial charge in [0.25, 0.3) is 0 Å². The van der Waals surface area contributed by atoms with Crippen molar-refractivity contribution >= 4 is 11.9 Å². The summed E-state index contributed by atoms with van der Waals surface area (Å²) < 4.78 is 4.40. The molecule has 0 spiro atoms. The van der Waals surface area contributed by atoms with Gasteiger partial charge in [0, 0.05) is 12.3 Å². The summed E-state index contributed by atoms with van der Waals surface area (Å²) in [6.45, 7) is 0.0648. The van der Waals surface area contributed by atoms with E-state index < -0.39 is 11.9 Å². The topological polar surface area (TPSA) is 63.6 Å². The molecule has 60 valence electrons. The van der Waals surface area contributed by atoms with Crippen molar-refractivity contribution < 1.29 is 19.4 Å². The Morgan fingerprint density at radius 2 is 2.18 bits per heavy atom. The molecule has 0 aliphatic carbocycles. The maximum absolute atomic E-state index is 10.3. The first-order valence-electron chi connectivity index (χ1n) is 3.02. The number of esters is 1. The van der Waals surface area contributed by atoms with Crippen LogP contribution < -0.4 is 0 Å². The second-order valence-corrected chi connectivity index (χ2v) is 1.78. The zero-order chi connectivity index (χ0) is 8.69. The van der Waals surface area contributed by atoms with Gasteiger partial charge in [-0.05, 0) is 6.42 Å². The van der Waals surface area contributed by atoms with Gasteiger partial charge in [0.2, 0.25) is 0 Å². The highest BCUT2D eigenvalue weighted by atomic mass is 16.5. The lowest BCUT2D eigenvalue weighted by Crippen LogP contribution is -2.04. The number of carbonyl (C=O) groups excluding carboxylic acids is 1. The molecule has 0 amide bonds. The monoisotopic (exact) mass is 156 g/mol. The van der Waals surface area contributed by atoms with Crippen molar-refractivity contribution in [2.75, 3.05) is 6.61 Å². The van der Waals surface area contributed by atoms with E-state index in [0.717, 1.165) is 0 Å². The summed E-state index contributed by atoms with van der Waals surface area (Å²) in [4.78, 5) is 20.2. The minimum atomic E-state index is -0.915. The first-order valence-corrected chi connectivity index (χ1v) is 3.02. The number of carboxylic acid groups (broad SMARTS) is 1. The molecule has 11 heavy (non-hydrogen) atoms. The van der Waals surface area contributed by atoms with Gasteiger partial charge in [0.1, 0.15) is 0 Å². The molecule has 0 aliphatic rings. The second kappa shape index (κ2) is 5.30. The third-order valence-corrected chi connectivity index (χ3v) is 0.886. The summed E-state index contributed by atoms with van der Waals surface area (Å²) >= 11 is 0. The van der Waals surface area contributed by atoms with Crippen LogP contribution in [0.2, 0.25) is 0 Å². The van der Waals surface area contributed by atoms with E-state index in [9.17, 15) is 9.59 Å². The van der Waals surface area contributed by atoms with Crippen LogP contribution in [0.15, 0.2) is 0 Å². The van der Waals surface area contributed by atoms with Crippen molar-refractivity contribution in [3.05, 3.63) is 0 Å². The summed E-state index contributed by atoms with van der Waals surface area (Å²) in [6, 6.07) is 0. The van der Waals surface area contributed by atoms with Crippen molar-refractivity contribution in [2.24, 2.45) is 0 Å². The largest absolute Gasteiger partial charge is 0.481 e. The SMILES string of the molecule is C#CC(=O)OCCCC(=O)O. The first kappa shape index (κ1) is 9.50. The number of ether oxygens (including phenoxy) is 1. The summed E-state index contributed by atoms with van der Waals surface area (Å²) in [7, 11) is 0. The number of carbonyl (C=O) groups is 2. The highest BCUT2D eigenvalue weighted by Crippen LogP contribution is 1.89. The van der Waals surface area contributed by atoms with Crippen LogP contribution in [0.5, 0.6) is 0 Å². The average molecular weight is 156 g/mol. The van der Waals surface area contributed by atoms with Gasteiger partial charge < -0.3 is 9.84 Å². The van der Waals surface area contributed by atoms with E-state index in [1.165, 1.54) is 0 Å². The maximum Gasteiger partial charge on any atom is 0.384 e. The van der Waals surface area contributed by atoms with Gasteiger partial charge in [-0.15, -0.1) is 6.42 Å². The fourth-order valence-electron chi connectivity index (χ4n) is 0.430. The van der Waals surface area contributed by atoms with Crippen LogP contribution in [0.1, 0.15) is 12.8 Å². The van der Waals surface area contributed by atoms with Gasteiger partial charge in [-0.3, -0.25) is 4.79 Å². The maximum atomic E-state index is 10.3. The molecule has 0 saturated heterocycles. The molecular formula is C7H8O4. The Morgan fingerprint density at radius 1 is 1.55 bits per heavy atom. The number of carboxylic acids is 1. The smallest absolute Gasteiger partial charge is 0.384 e. The summed E-state index contributed by atoms with van der Waals surface area (Å²) in [5, 5.41) is 8.16. The number of hydrogen-bond acceptors (Lipinski definition) is 3. The van der Waals surface area contributed by atoms with Crippen LogP contribution in [0.4, 0.5) is 0 Å². The van der Waals surface area contributed by atoms with Crippen LogP contribution in [0, 0.1) is 12.3 Å². The van der Waals surface area contributed by atoms with E-state index in [-0.39, 0.29) is 13.0 Å². The highest BCUT2D eigenvalue weighted by Gasteiger charge is 1.98. The van der Waals surface area contributed by atoms with Gasteiger partial charge in [0.05, 0.1) is 6.61 Å². The summed E-state index contributed by atoms with van der Waals surface area (Å²) in [5.41, 5.74) is 0. The first-order chi connectivity index (χ1) is 5.16. The average Bonchev–Trinajstić information content (AvgIpc) is 1.97. The molecule has 4 heteroatoms. The van der Waals surface area contributed by atoms with Crippen molar-refractivity contribution in [3.63, 3.8) is 0 Å². The molecule has 0 bridgehead atoms. The van der Waals surface area contributed by atoms with Gasteiger partial charge in [-0.2, -0.15) is 0 Å². The number of hydrogen-bond donors (Lipinski definition) is 1. The Hall–Kier alpha value is -1.50. The molecule has 0 aromatic heterocycles.